The minimum atomic E-state index is -3.84. The second kappa shape index (κ2) is 9.83. The van der Waals surface area contributed by atoms with E-state index in [9.17, 15) is 18.0 Å². The van der Waals surface area contributed by atoms with Gasteiger partial charge in [0.2, 0.25) is 9.70 Å². The summed E-state index contributed by atoms with van der Waals surface area (Å²) in [6.45, 7) is 5.59. The largest absolute Gasteiger partial charge is 0.508 e. The van der Waals surface area contributed by atoms with Gasteiger partial charge in [-0.2, -0.15) is 0 Å². The van der Waals surface area contributed by atoms with Gasteiger partial charge >= 0.3 is 6.16 Å². The summed E-state index contributed by atoms with van der Waals surface area (Å²) in [5.74, 6) is -0.922. The zero-order chi connectivity index (χ0) is 24.5. The van der Waals surface area contributed by atoms with E-state index in [0.29, 0.717) is 5.75 Å². The van der Waals surface area contributed by atoms with Crippen molar-refractivity contribution in [1.29, 1.82) is 0 Å². The molecular weight excluding hydrogens is 505 g/mol. The molecule has 1 aliphatic heterocycles. The van der Waals surface area contributed by atoms with Gasteiger partial charge in [-0.3, -0.25) is 4.79 Å². The first-order valence-electron chi connectivity index (χ1n) is 9.65. The van der Waals surface area contributed by atoms with Gasteiger partial charge in [-0.25, -0.2) is 13.2 Å². The number of sulfone groups is 1. The number of benzene rings is 1. The molecule has 2 rings (SSSR count). The van der Waals surface area contributed by atoms with E-state index < -0.39 is 54.4 Å². The van der Waals surface area contributed by atoms with Gasteiger partial charge in [-0.15, -0.1) is 0 Å². The number of carbonyl (C=O) groups excluding carboxylic acids is 2. The lowest BCUT2D eigenvalue weighted by atomic mass is 9.92. The van der Waals surface area contributed by atoms with E-state index in [2.05, 4.69) is 0 Å². The molecule has 0 N–H and O–H groups in total. The first-order chi connectivity index (χ1) is 14.6. The maximum Gasteiger partial charge on any atom is 0.508 e. The zero-order valence-corrected chi connectivity index (χ0v) is 21.4. The highest BCUT2D eigenvalue weighted by Gasteiger charge is 2.60. The van der Waals surface area contributed by atoms with Crippen molar-refractivity contribution in [2.24, 2.45) is 5.92 Å². The molecule has 180 valence electrons. The molecule has 1 aliphatic rings. The number of carbonyl (C=O) groups is 2. The monoisotopic (exact) mass is 529 g/mol. The molecule has 1 fully saturated rings. The molecule has 12 heteroatoms. The lowest BCUT2D eigenvalue weighted by molar-refractivity contribution is -0.159. The third-order valence-corrected chi connectivity index (χ3v) is 8.23. The Morgan fingerprint density at radius 3 is 2.19 bits per heavy atom. The molecule has 1 heterocycles. The molecule has 0 aliphatic carbocycles. The van der Waals surface area contributed by atoms with E-state index in [4.69, 9.17) is 49.0 Å². The fourth-order valence-electron chi connectivity index (χ4n) is 3.20. The first-order valence-corrected chi connectivity index (χ1v) is 12.3. The Kier molecular flexibility index (Phi) is 8.24. The Hall–Kier alpha value is -1.42. The summed E-state index contributed by atoms with van der Waals surface area (Å²) in [7, 11) is -2.30. The molecule has 1 saturated heterocycles. The van der Waals surface area contributed by atoms with Crippen LogP contribution in [0, 0.1) is 5.92 Å². The predicted octanol–water partition coefficient (Wildman–Crippen LogP) is 4.10. The summed E-state index contributed by atoms with van der Waals surface area (Å²) in [6.07, 6.45) is -2.25. The third kappa shape index (κ3) is 6.12. The van der Waals surface area contributed by atoms with Crippen LogP contribution in [0.1, 0.15) is 33.3 Å². The molecule has 1 aromatic carbocycles. The highest BCUT2D eigenvalue weighted by Crippen LogP contribution is 2.40. The Labute approximate surface area is 202 Å². The van der Waals surface area contributed by atoms with Crippen molar-refractivity contribution in [3.63, 3.8) is 0 Å². The third-order valence-electron chi connectivity index (χ3n) is 5.01. The maximum absolute atomic E-state index is 13.3. The number of nitrogens with zero attached hydrogens (tertiary/aromatic N) is 1. The van der Waals surface area contributed by atoms with Gasteiger partial charge in [0.05, 0.1) is 11.9 Å². The van der Waals surface area contributed by atoms with Crippen molar-refractivity contribution in [2.75, 3.05) is 13.7 Å². The Bertz CT molecular complexity index is 939. The number of rotatable bonds is 7. The average Bonchev–Trinajstić information content (AvgIpc) is 2.67. The van der Waals surface area contributed by atoms with Gasteiger partial charge in [0.25, 0.3) is 0 Å². The number of ether oxygens (including phenoxy) is 3. The van der Waals surface area contributed by atoms with Crippen molar-refractivity contribution in [1.82, 2.24) is 4.90 Å². The van der Waals surface area contributed by atoms with Gasteiger partial charge < -0.3 is 19.1 Å². The highest BCUT2D eigenvalue weighted by atomic mass is 35.6. The highest BCUT2D eigenvalue weighted by molar-refractivity contribution is 7.93. The average molecular weight is 531 g/mol. The van der Waals surface area contributed by atoms with Crippen LogP contribution in [0.3, 0.4) is 0 Å². The Balaban J connectivity index is 2.24. The van der Waals surface area contributed by atoms with Crippen LogP contribution in [0.25, 0.3) is 0 Å². The van der Waals surface area contributed by atoms with E-state index in [0.717, 1.165) is 5.56 Å². The number of hydrogen-bond acceptors (Lipinski definition) is 7. The Morgan fingerprint density at radius 2 is 1.72 bits per heavy atom. The van der Waals surface area contributed by atoms with E-state index >= 15 is 0 Å². The summed E-state index contributed by atoms with van der Waals surface area (Å²) in [5, 5.41) is -1.19. The van der Waals surface area contributed by atoms with E-state index in [1.54, 1.807) is 45.0 Å². The smallest absolute Gasteiger partial charge is 0.497 e. The Morgan fingerprint density at radius 1 is 1.16 bits per heavy atom. The number of amides is 1. The number of hydrogen-bond donors (Lipinski definition) is 0. The van der Waals surface area contributed by atoms with Crippen molar-refractivity contribution < 1.29 is 32.2 Å². The molecule has 0 bridgehead atoms. The summed E-state index contributed by atoms with van der Waals surface area (Å²) < 4.78 is 38.6. The lowest BCUT2D eigenvalue weighted by Gasteiger charge is -2.49. The summed E-state index contributed by atoms with van der Waals surface area (Å²) in [5.41, 5.74) is 0.724. The quantitative estimate of drug-likeness (QED) is 0.297. The summed E-state index contributed by atoms with van der Waals surface area (Å²) in [6, 6.07) is 6.93. The normalized spacial score (nSPS) is 20.4. The fourth-order valence-corrected chi connectivity index (χ4v) is 5.33. The fraction of sp³-hybridized carbons (Fsp3) is 0.600. The van der Waals surface area contributed by atoms with E-state index in [-0.39, 0.29) is 6.54 Å². The van der Waals surface area contributed by atoms with Crippen molar-refractivity contribution in [3.8, 4) is 5.75 Å². The molecule has 0 saturated carbocycles. The van der Waals surface area contributed by atoms with Crippen LogP contribution in [-0.2, 0) is 30.7 Å². The second-order valence-corrected chi connectivity index (χ2v) is 13.7. The molecule has 0 spiro atoms. The van der Waals surface area contributed by atoms with Gasteiger partial charge in [0.15, 0.2) is 9.84 Å². The second-order valence-electron chi connectivity index (χ2n) is 8.36. The van der Waals surface area contributed by atoms with Gasteiger partial charge in [0.1, 0.15) is 29.8 Å². The molecule has 1 aromatic rings. The van der Waals surface area contributed by atoms with E-state index in [1.807, 2.05) is 0 Å². The minimum Gasteiger partial charge on any atom is -0.497 e. The van der Waals surface area contributed by atoms with Crippen LogP contribution in [-0.4, -0.2) is 59.1 Å². The van der Waals surface area contributed by atoms with Crippen LogP contribution in [0.15, 0.2) is 24.3 Å². The standard InChI is InChI=1S/C20H26Cl3NO7S/c1-12(31-18(26)30-11-20(21,22)23)15-16(25)24(17(15)32(27,28)19(2,3)4)10-13-6-8-14(29-5)9-7-13/h6-9,12,15,17H,10-11H2,1-5H3/t12-,15+,17-/m1/s1. The van der Waals surface area contributed by atoms with Crippen LogP contribution in [0.4, 0.5) is 4.79 Å². The zero-order valence-electron chi connectivity index (χ0n) is 18.3. The summed E-state index contributed by atoms with van der Waals surface area (Å²) >= 11 is 16.6. The van der Waals surface area contributed by atoms with Gasteiger partial charge in [-0.05, 0) is 45.4 Å². The molecule has 8 nitrogen and oxygen atoms in total. The minimum absolute atomic E-state index is 0.0731. The molecule has 3 atom stereocenters. The number of halogens is 3. The SMILES string of the molecule is COc1ccc(CN2C(=O)[C@H]([C@@H](C)OC(=O)OCC(Cl)(Cl)Cl)[C@H]2S(=O)(=O)C(C)(C)C)cc1. The molecular formula is C20H26Cl3NO7S. The van der Waals surface area contributed by atoms with Crippen LogP contribution in [0.2, 0.25) is 0 Å². The number of alkyl halides is 3. The van der Waals surface area contributed by atoms with Crippen LogP contribution in [0.5, 0.6) is 5.75 Å². The van der Waals surface area contributed by atoms with Crippen molar-refractivity contribution in [2.45, 2.75) is 54.3 Å². The first kappa shape index (κ1) is 26.8. The number of likely N-dealkylation sites (tertiary alicyclic amines) is 1. The van der Waals surface area contributed by atoms with Crippen molar-refractivity contribution in [3.05, 3.63) is 29.8 Å². The van der Waals surface area contributed by atoms with Gasteiger partial charge in [0, 0.05) is 6.54 Å². The van der Waals surface area contributed by atoms with Crippen molar-refractivity contribution >= 4 is 56.7 Å². The predicted molar refractivity (Wildman–Crippen MR) is 122 cm³/mol. The lowest BCUT2D eigenvalue weighted by Crippen LogP contribution is -2.69. The van der Waals surface area contributed by atoms with Crippen LogP contribution < -0.4 is 4.74 Å². The molecule has 0 aromatic heterocycles. The topological polar surface area (TPSA) is 99.2 Å². The molecule has 32 heavy (non-hydrogen) atoms. The molecule has 0 radical (unpaired) electrons. The number of β-lactam (4-membered cyclic amide) rings is 1. The maximum atomic E-state index is 13.3. The number of methoxy groups -OCH3 is 1. The summed E-state index contributed by atoms with van der Waals surface area (Å²) in [4.78, 5) is 26.1. The molecule has 1 amide bonds. The van der Waals surface area contributed by atoms with Crippen LogP contribution >= 0.6 is 34.8 Å². The molecule has 0 unspecified atom stereocenters. The van der Waals surface area contributed by atoms with E-state index in [1.165, 1.54) is 18.9 Å². The van der Waals surface area contributed by atoms with Gasteiger partial charge in [-0.1, -0.05) is 46.9 Å².